The van der Waals surface area contributed by atoms with Gasteiger partial charge in [0, 0.05) is 44.6 Å². The molecule has 204 valence electrons. The standard InChI is InChI=1S/C27H37N5O4SSi/c1-38(2,3)16-15-36-20-30-18-22-17-29-26-23(12-13-28-26)25(22)32(27(30)33)24-11-7-8-14-31(24)37(34,35)19-21-9-5-4-6-10-21/h4-6,9-10,12-13,17,24H,7-8,11,14-16,18-20H2,1-3H3,(H,28,29). The Morgan fingerprint density at radius 2 is 1.92 bits per heavy atom. The molecular formula is C27H37N5O4SSi. The van der Waals surface area contributed by atoms with Gasteiger partial charge in [0.1, 0.15) is 18.5 Å². The molecule has 2 aromatic heterocycles. The fourth-order valence-electron chi connectivity index (χ4n) is 5.22. The maximum Gasteiger partial charge on any atom is 0.328 e. The minimum absolute atomic E-state index is 0.0986. The Morgan fingerprint density at radius 3 is 2.68 bits per heavy atom. The second-order valence-electron chi connectivity index (χ2n) is 11.4. The summed E-state index contributed by atoms with van der Waals surface area (Å²) in [5.74, 6) is -0.0986. The normalized spacial score (nSPS) is 19.2. The van der Waals surface area contributed by atoms with Crippen LogP contribution in [0.5, 0.6) is 0 Å². The van der Waals surface area contributed by atoms with Gasteiger partial charge in [-0.25, -0.2) is 18.2 Å². The van der Waals surface area contributed by atoms with E-state index in [4.69, 9.17) is 4.74 Å². The lowest BCUT2D eigenvalue weighted by molar-refractivity contribution is 0.0486. The first-order valence-electron chi connectivity index (χ1n) is 13.3. The highest BCUT2D eigenvalue weighted by atomic mass is 32.2. The summed E-state index contributed by atoms with van der Waals surface area (Å²) in [6, 6.07) is 11.9. The van der Waals surface area contributed by atoms with Gasteiger partial charge in [0.15, 0.2) is 0 Å². The highest BCUT2D eigenvalue weighted by Gasteiger charge is 2.43. The number of sulfonamides is 1. The van der Waals surface area contributed by atoms with Crippen LogP contribution in [-0.2, 0) is 27.1 Å². The lowest BCUT2D eigenvalue weighted by atomic mass is 10.0. The monoisotopic (exact) mass is 555 g/mol. The number of fused-ring (bicyclic) bond motifs is 3. The summed E-state index contributed by atoms with van der Waals surface area (Å²) in [5, 5.41) is 0.820. The maximum absolute atomic E-state index is 14.1. The number of aromatic amines is 1. The van der Waals surface area contributed by atoms with Crippen LogP contribution in [0.4, 0.5) is 10.5 Å². The zero-order valence-electron chi connectivity index (χ0n) is 22.4. The number of H-pyrrole nitrogens is 1. The Hall–Kier alpha value is -2.73. The SMILES string of the molecule is C[Si](C)(C)CCOCN1Cc2cnc3[nH]ccc3c2N(C2CCCCN2S(=O)(=O)Cc2ccccc2)C1=O. The summed E-state index contributed by atoms with van der Waals surface area (Å²) >= 11 is 0. The minimum atomic E-state index is -3.68. The predicted molar refractivity (Wildman–Crippen MR) is 152 cm³/mol. The third-order valence-electron chi connectivity index (χ3n) is 7.23. The molecule has 5 rings (SSSR count). The van der Waals surface area contributed by atoms with Crippen LogP contribution in [0.3, 0.4) is 0 Å². The highest BCUT2D eigenvalue weighted by Crippen LogP contribution is 2.39. The van der Waals surface area contributed by atoms with E-state index in [0.29, 0.717) is 31.8 Å². The second-order valence-corrected chi connectivity index (χ2v) is 18.9. The van der Waals surface area contributed by atoms with Crippen LogP contribution < -0.4 is 4.90 Å². The first kappa shape index (κ1) is 26.9. The molecule has 1 saturated heterocycles. The number of hydrogen-bond donors (Lipinski definition) is 1. The first-order chi connectivity index (χ1) is 18.1. The van der Waals surface area contributed by atoms with Crippen LogP contribution >= 0.6 is 0 Å². The van der Waals surface area contributed by atoms with E-state index in [9.17, 15) is 13.2 Å². The summed E-state index contributed by atoms with van der Waals surface area (Å²) in [6.07, 6.45) is 5.14. The Labute approximate surface area is 225 Å². The van der Waals surface area contributed by atoms with Crippen molar-refractivity contribution in [2.45, 2.75) is 63.4 Å². The molecule has 0 bridgehead atoms. The number of nitrogens with one attached hydrogen (secondary N) is 1. The second kappa shape index (κ2) is 10.8. The van der Waals surface area contributed by atoms with Gasteiger partial charge in [0.05, 0.1) is 18.0 Å². The van der Waals surface area contributed by atoms with Crippen molar-refractivity contribution in [1.29, 1.82) is 0 Å². The van der Waals surface area contributed by atoms with Crippen molar-refractivity contribution in [1.82, 2.24) is 19.2 Å². The van der Waals surface area contributed by atoms with Crippen molar-refractivity contribution < 1.29 is 17.9 Å². The van der Waals surface area contributed by atoms with Gasteiger partial charge in [-0.3, -0.25) is 9.80 Å². The number of carbonyl (C=O) groups excluding carboxylic acids is 1. The highest BCUT2D eigenvalue weighted by molar-refractivity contribution is 7.88. The van der Waals surface area contributed by atoms with Crippen molar-refractivity contribution in [2.75, 3.05) is 24.8 Å². The van der Waals surface area contributed by atoms with Gasteiger partial charge in [-0.1, -0.05) is 50.0 Å². The van der Waals surface area contributed by atoms with Crippen LogP contribution in [0.25, 0.3) is 11.0 Å². The molecule has 1 atom stereocenters. The Kier molecular flexibility index (Phi) is 7.63. The summed E-state index contributed by atoms with van der Waals surface area (Å²) in [5.41, 5.74) is 3.04. The smallest absolute Gasteiger partial charge is 0.328 e. The summed E-state index contributed by atoms with van der Waals surface area (Å²) < 4.78 is 35.0. The van der Waals surface area contributed by atoms with Crippen LogP contribution in [0.15, 0.2) is 48.8 Å². The molecule has 0 spiro atoms. The Balaban J connectivity index is 1.49. The average Bonchev–Trinajstić information content (AvgIpc) is 3.36. The van der Waals surface area contributed by atoms with E-state index in [1.165, 1.54) is 0 Å². The van der Waals surface area contributed by atoms with Gasteiger partial charge in [-0.15, -0.1) is 0 Å². The molecular weight excluding hydrogens is 518 g/mol. The number of anilines is 1. The molecule has 1 aromatic carbocycles. The van der Waals surface area contributed by atoms with Crippen LogP contribution in [0.1, 0.15) is 30.4 Å². The number of aromatic nitrogens is 2. The molecule has 1 fully saturated rings. The van der Waals surface area contributed by atoms with E-state index in [-0.39, 0.29) is 18.5 Å². The quantitative estimate of drug-likeness (QED) is 0.297. The Morgan fingerprint density at radius 1 is 1.13 bits per heavy atom. The lowest BCUT2D eigenvalue weighted by Crippen LogP contribution is -2.60. The average molecular weight is 556 g/mol. The molecule has 4 heterocycles. The molecule has 38 heavy (non-hydrogen) atoms. The van der Waals surface area contributed by atoms with Crippen LogP contribution in [0.2, 0.25) is 25.7 Å². The fourth-order valence-corrected chi connectivity index (χ4v) is 7.74. The number of urea groups is 1. The minimum Gasteiger partial charge on any atom is -0.361 e. The molecule has 0 saturated carbocycles. The van der Waals surface area contributed by atoms with Crippen molar-refractivity contribution in [3.63, 3.8) is 0 Å². The topological polar surface area (TPSA) is 98.8 Å². The molecule has 2 aliphatic rings. The van der Waals surface area contributed by atoms with Gasteiger partial charge in [-0.2, -0.15) is 4.31 Å². The molecule has 3 aromatic rings. The van der Waals surface area contributed by atoms with Gasteiger partial charge in [0.25, 0.3) is 0 Å². The van der Waals surface area contributed by atoms with E-state index in [1.807, 2.05) is 36.4 Å². The van der Waals surface area contributed by atoms with Crippen LogP contribution in [-0.4, -0.2) is 67.7 Å². The number of amides is 2. The summed E-state index contributed by atoms with van der Waals surface area (Å²) in [4.78, 5) is 25.2. The zero-order chi connectivity index (χ0) is 26.9. The number of pyridine rings is 1. The number of benzene rings is 1. The molecule has 1 unspecified atom stereocenters. The van der Waals surface area contributed by atoms with E-state index in [2.05, 4.69) is 29.6 Å². The summed E-state index contributed by atoms with van der Waals surface area (Å²) in [7, 11) is -4.95. The predicted octanol–water partition coefficient (Wildman–Crippen LogP) is 4.96. The largest absolute Gasteiger partial charge is 0.361 e. The lowest BCUT2D eigenvalue weighted by Gasteiger charge is -2.46. The van der Waals surface area contributed by atoms with Crippen molar-refractivity contribution >= 4 is 40.8 Å². The molecule has 2 aliphatic heterocycles. The van der Waals surface area contributed by atoms with E-state index >= 15 is 0 Å². The van der Waals surface area contributed by atoms with Crippen LogP contribution in [0, 0.1) is 0 Å². The van der Waals surface area contributed by atoms with E-state index in [0.717, 1.165) is 41.1 Å². The first-order valence-corrected chi connectivity index (χ1v) is 18.6. The van der Waals surface area contributed by atoms with Crippen molar-refractivity contribution in [2.24, 2.45) is 0 Å². The number of carbonyl (C=O) groups is 1. The number of hydrogen-bond acceptors (Lipinski definition) is 5. The van der Waals surface area contributed by atoms with Gasteiger partial charge in [-0.05, 0) is 36.9 Å². The molecule has 11 heteroatoms. The molecule has 0 aliphatic carbocycles. The number of nitrogens with zero attached hydrogens (tertiary/aromatic N) is 4. The third-order valence-corrected chi connectivity index (χ3v) is 10.8. The number of piperidine rings is 1. The van der Waals surface area contributed by atoms with Gasteiger partial charge < -0.3 is 9.72 Å². The number of rotatable bonds is 9. The third kappa shape index (κ3) is 5.65. The van der Waals surface area contributed by atoms with E-state index < -0.39 is 24.3 Å². The van der Waals surface area contributed by atoms with Gasteiger partial charge >= 0.3 is 6.03 Å². The Bertz CT molecular complexity index is 1390. The zero-order valence-corrected chi connectivity index (χ0v) is 24.2. The van der Waals surface area contributed by atoms with Gasteiger partial charge in [0.2, 0.25) is 10.0 Å². The number of ether oxygens (including phenoxy) is 1. The van der Waals surface area contributed by atoms with E-state index in [1.54, 1.807) is 26.5 Å². The molecule has 9 nitrogen and oxygen atoms in total. The van der Waals surface area contributed by atoms with Crippen molar-refractivity contribution in [3.8, 4) is 0 Å². The maximum atomic E-state index is 14.1. The molecule has 0 radical (unpaired) electrons. The molecule has 1 N–H and O–H groups in total. The fraction of sp³-hybridized carbons (Fsp3) is 0.481. The molecule has 2 amide bonds. The summed E-state index contributed by atoms with van der Waals surface area (Å²) in [6.45, 7) is 8.39. The van der Waals surface area contributed by atoms with Crippen molar-refractivity contribution in [3.05, 3.63) is 59.9 Å².